The summed E-state index contributed by atoms with van der Waals surface area (Å²) in [7, 11) is 0. The molecule has 18 heteroatoms. The van der Waals surface area contributed by atoms with Crippen molar-refractivity contribution in [2.45, 2.75) is 0 Å². The van der Waals surface area contributed by atoms with Crippen LogP contribution in [0.2, 0.25) is 0 Å². The first kappa shape index (κ1) is 36.0. The van der Waals surface area contributed by atoms with Gasteiger partial charge in [0.1, 0.15) is 0 Å². The summed E-state index contributed by atoms with van der Waals surface area (Å²) in [5, 5.41) is 59.0. The van der Waals surface area contributed by atoms with Crippen molar-refractivity contribution >= 4 is 26.2 Å². The zero-order valence-corrected chi connectivity index (χ0v) is 12.4. The maximum Gasteiger partial charge on any atom is 3.00 e. The van der Waals surface area contributed by atoms with Crippen molar-refractivity contribution in [2.24, 2.45) is 0 Å². The summed E-state index contributed by atoms with van der Waals surface area (Å²) in [5.41, 5.74) is 0. The van der Waals surface area contributed by atoms with Gasteiger partial charge in [0, 0.05) is 0 Å². The van der Waals surface area contributed by atoms with Gasteiger partial charge in [-0.05, 0) is 0 Å². The Morgan fingerprint density at radius 2 is 0.444 bits per heavy atom. The molecule has 0 heterocycles. The SMILES string of the molecule is O=[N+]([O-])[O-].O=[N+]([O-])[O-].O=[N+]([O-])[O-].O=[N+]([O-])[O-].[Ag+].[Bi+3]. The van der Waals surface area contributed by atoms with Gasteiger partial charge in [0.05, 0.1) is 20.3 Å². The smallest absolute Gasteiger partial charge is 0.356 e. The van der Waals surface area contributed by atoms with Crippen molar-refractivity contribution in [2.75, 3.05) is 0 Å². The third kappa shape index (κ3) is 1050. The summed E-state index contributed by atoms with van der Waals surface area (Å²) < 4.78 is 0. The van der Waals surface area contributed by atoms with E-state index in [1.54, 1.807) is 0 Å². The number of rotatable bonds is 0. The van der Waals surface area contributed by atoms with E-state index in [1.807, 2.05) is 0 Å². The Morgan fingerprint density at radius 1 is 0.444 bits per heavy atom. The van der Waals surface area contributed by atoms with E-state index in [1.165, 1.54) is 0 Å². The molecular formula is AgBiN4O12. The van der Waals surface area contributed by atoms with Gasteiger partial charge in [-0.15, -0.1) is 0 Å². The number of nitrogens with zero attached hydrogens (tertiary/aromatic N) is 4. The molecule has 0 fully saturated rings. The first-order valence-corrected chi connectivity index (χ1v) is 2.19. The van der Waals surface area contributed by atoms with Crippen molar-refractivity contribution < 1.29 is 42.7 Å². The second-order valence-electron chi connectivity index (χ2n) is 0.894. The van der Waals surface area contributed by atoms with Crippen LogP contribution in [-0.4, -0.2) is 46.5 Å². The quantitative estimate of drug-likeness (QED) is 0.188. The summed E-state index contributed by atoms with van der Waals surface area (Å²) in [5.74, 6) is 0. The Balaban J connectivity index is -0.0000000257. The minimum absolute atomic E-state index is 0. The molecule has 2 radical (unpaired) electrons. The van der Waals surface area contributed by atoms with Crippen LogP contribution in [0, 0.1) is 61.3 Å². The Kier molecular flexibility index (Phi) is 59.0. The Labute approximate surface area is 130 Å². The average molecular weight is 565 g/mol. The zero-order chi connectivity index (χ0) is 14.3. The molecule has 0 bridgehead atoms. The van der Waals surface area contributed by atoms with E-state index in [4.69, 9.17) is 61.3 Å². The van der Waals surface area contributed by atoms with Gasteiger partial charge in [0.25, 0.3) is 0 Å². The van der Waals surface area contributed by atoms with Crippen LogP contribution in [-0.2, 0) is 22.4 Å². The molecule has 0 aliphatic heterocycles. The first-order chi connectivity index (χ1) is 6.93. The molecule has 108 valence electrons. The second-order valence-corrected chi connectivity index (χ2v) is 0.894. The second kappa shape index (κ2) is 29.5. The van der Waals surface area contributed by atoms with Gasteiger partial charge in [0.15, 0.2) is 0 Å². The van der Waals surface area contributed by atoms with E-state index in [2.05, 4.69) is 0 Å². The molecule has 0 N–H and O–H groups in total. The van der Waals surface area contributed by atoms with Crippen molar-refractivity contribution in [3.63, 3.8) is 0 Å². The van der Waals surface area contributed by atoms with Crippen LogP contribution in [0.4, 0.5) is 0 Å². The van der Waals surface area contributed by atoms with Crippen molar-refractivity contribution in [3.05, 3.63) is 61.3 Å². The average Bonchev–Trinajstić information content (AvgIpc) is 1.76. The van der Waals surface area contributed by atoms with Crippen LogP contribution < -0.4 is 0 Å². The molecule has 18 heavy (non-hydrogen) atoms. The van der Waals surface area contributed by atoms with E-state index >= 15 is 0 Å². The summed E-state index contributed by atoms with van der Waals surface area (Å²) in [4.78, 5) is 33.0. The van der Waals surface area contributed by atoms with Crippen molar-refractivity contribution in [1.82, 2.24) is 0 Å². The molecule has 0 saturated heterocycles. The summed E-state index contributed by atoms with van der Waals surface area (Å²) in [6, 6.07) is 0. The third-order valence-electron chi connectivity index (χ3n) is 0. The van der Waals surface area contributed by atoms with Gasteiger partial charge < -0.3 is 61.3 Å². The van der Waals surface area contributed by atoms with Gasteiger partial charge in [-0.3, -0.25) is 0 Å². The molecule has 0 aromatic heterocycles. The maximum atomic E-state index is 8.25. The Bertz CT molecular complexity index is 164. The molecule has 0 aromatic rings. The maximum absolute atomic E-state index is 8.25. The molecule has 0 amide bonds. The molecular weight excluding hydrogens is 565 g/mol. The summed E-state index contributed by atoms with van der Waals surface area (Å²) >= 11 is 0. The third-order valence-corrected chi connectivity index (χ3v) is 0. The van der Waals surface area contributed by atoms with Crippen molar-refractivity contribution in [1.29, 1.82) is 0 Å². The van der Waals surface area contributed by atoms with Gasteiger partial charge >= 0.3 is 48.6 Å². The molecule has 0 aliphatic carbocycles. The minimum Gasteiger partial charge on any atom is -0.356 e. The normalized spacial score (nSPS) is 5.33. The summed E-state index contributed by atoms with van der Waals surface area (Å²) in [6.45, 7) is 0. The fourth-order valence-electron chi connectivity index (χ4n) is 0. The first-order valence-electron chi connectivity index (χ1n) is 2.19. The molecule has 0 saturated carbocycles. The van der Waals surface area contributed by atoms with E-state index in [9.17, 15) is 0 Å². The largest absolute Gasteiger partial charge is 3.00 e. The zero-order valence-electron chi connectivity index (χ0n) is 7.44. The van der Waals surface area contributed by atoms with Crippen molar-refractivity contribution in [3.8, 4) is 0 Å². The standard InChI is InChI=1S/Ag.Bi.4NO3/c;;4*2-1(3)4/q+1;+3;4*-1. The van der Waals surface area contributed by atoms with Gasteiger partial charge in [0.2, 0.25) is 0 Å². The molecule has 0 spiro atoms. The number of hydrogen-bond acceptors (Lipinski definition) is 12. The molecule has 0 atom stereocenters. The molecule has 0 aromatic carbocycles. The fourth-order valence-corrected chi connectivity index (χ4v) is 0. The monoisotopic (exact) mass is 564 g/mol. The van der Waals surface area contributed by atoms with E-state index in [0.717, 1.165) is 0 Å². The van der Waals surface area contributed by atoms with E-state index < -0.39 is 20.3 Å². The molecule has 0 aliphatic rings. The van der Waals surface area contributed by atoms with E-state index in [-0.39, 0.29) is 48.6 Å². The molecule has 0 rings (SSSR count). The predicted molar refractivity (Wildman–Crippen MR) is 47.2 cm³/mol. The summed E-state index contributed by atoms with van der Waals surface area (Å²) in [6.07, 6.45) is 0. The van der Waals surface area contributed by atoms with Gasteiger partial charge in [-0.1, -0.05) is 0 Å². The van der Waals surface area contributed by atoms with Crippen LogP contribution in [0.3, 0.4) is 0 Å². The van der Waals surface area contributed by atoms with Crippen LogP contribution >= 0.6 is 0 Å². The topological polar surface area (TPSA) is 265 Å². The van der Waals surface area contributed by atoms with Gasteiger partial charge in [-0.25, -0.2) is 0 Å². The van der Waals surface area contributed by atoms with Crippen LogP contribution in [0.25, 0.3) is 0 Å². The number of hydrogen-bond donors (Lipinski definition) is 0. The van der Waals surface area contributed by atoms with Crippen LogP contribution in [0.5, 0.6) is 0 Å². The predicted octanol–water partition coefficient (Wildman–Crippen LogP) is -1.34. The van der Waals surface area contributed by atoms with E-state index in [0.29, 0.717) is 0 Å². The molecule has 0 unspecified atom stereocenters. The minimum atomic E-state index is -1.75. The van der Waals surface area contributed by atoms with Crippen LogP contribution in [0.15, 0.2) is 0 Å². The Hall–Kier alpha value is -1.58. The fraction of sp³-hybridized carbons (Fsp3) is 0. The molecule has 16 nitrogen and oxygen atoms in total. The Morgan fingerprint density at radius 3 is 0.444 bits per heavy atom. The van der Waals surface area contributed by atoms with Gasteiger partial charge in [-0.2, -0.15) is 0 Å². The van der Waals surface area contributed by atoms with Crippen LogP contribution in [0.1, 0.15) is 0 Å².